The summed E-state index contributed by atoms with van der Waals surface area (Å²) in [5.41, 5.74) is 11.1. The number of rotatable bonds is 14. The number of aromatic amines is 1. The van der Waals surface area contributed by atoms with E-state index in [4.69, 9.17) is 46.3 Å². The maximum Gasteiger partial charge on any atom is 0.587 e. The highest BCUT2D eigenvalue weighted by Crippen LogP contribution is 2.50. The van der Waals surface area contributed by atoms with E-state index in [1.54, 1.807) is 6.92 Å². The monoisotopic (exact) mass is 667 g/mol. The van der Waals surface area contributed by atoms with Gasteiger partial charge in [0.05, 0.1) is 12.7 Å². The van der Waals surface area contributed by atoms with Crippen LogP contribution in [0, 0.1) is 0 Å². The first-order valence-corrected chi connectivity index (χ1v) is 16.6. The third-order valence-corrected chi connectivity index (χ3v) is 7.59. The van der Waals surface area contributed by atoms with Crippen LogP contribution in [-0.4, -0.2) is 73.2 Å². The molecule has 0 bridgehead atoms. The van der Waals surface area contributed by atoms with E-state index in [9.17, 15) is 24.5 Å². The fraction of sp³-hybridized carbons (Fsp3) is 0.444. The summed E-state index contributed by atoms with van der Waals surface area (Å²) in [7, 11) is -2.65. The quantitative estimate of drug-likeness (QED) is 0.0542. The summed E-state index contributed by atoms with van der Waals surface area (Å²) in [5, 5.41) is 19.0. The highest BCUT2D eigenvalue weighted by Gasteiger charge is 2.37. The number of aromatic nitrogens is 8. The molecule has 24 heteroatoms. The molecule has 8 N–H and O–H groups in total. The van der Waals surface area contributed by atoms with Crippen molar-refractivity contribution in [2.45, 2.75) is 51.8 Å². The number of fused-ring (bicyclic) bond motifs is 2. The lowest BCUT2D eigenvalue weighted by molar-refractivity contribution is -0.284. The lowest BCUT2D eigenvalue weighted by Gasteiger charge is -2.30. The van der Waals surface area contributed by atoms with Crippen LogP contribution < -0.4 is 17.0 Å². The number of nitrogens with one attached hydrogen (secondary N) is 1. The van der Waals surface area contributed by atoms with Gasteiger partial charge in [-0.3, -0.25) is 18.9 Å². The van der Waals surface area contributed by atoms with Crippen molar-refractivity contribution in [2.24, 2.45) is 0 Å². The molecular formula is C18H25N10O10P2S2+. The standard InChI is InChI=1S/C18H24N10O10P2S2/c1-3-8(27-5-23-9-11(19)21-4-22-12(9)27)34-18(36-39(32)41)38-40(33,42)37-7(2)15(35-17(30)31)28-6-24-10-13(28)25-16(20)26-14(10)29/h4-8,15,17-18,30-31H,3H2,1-2H3,(H6-,19,20,21,22,25,26,29,32,33,41,42)/p+1/t7?,8-,15-,18?,40?/m1/s1. The van der Waals surface area contributed by atoms with E-state index in [0.29, 0.717) is 11.2 Å². The van der Waals surface area contributed by atoms with Gasteiger partial charge in [0.25, 0.3) is 12.0 Å². The van der Waals surface area contributed by atoms with Gasteiger partial charge >= 0.3 is 20.4 Å². The van der Waals surface area contributed by atoms with Crippen LogP contribution in [0.4, 0.5) is 11.8 Å². The number of H-pyrrole nitrogens is 1. The number of nitrogens with zero attached hydrogens (tertiary/aromatic N) is 7. The molecule has 4 rings (SSSR count). The zero-order valence-corrected chi connectivity index (χ0v) is 25.1. The number of thiol groups is 1. The van der Waals surface area contributed by atoms with Gasteiger partial charge in [-0.1, -0.05) is 11.4 Å². The van der Waals surface area contributed by atoms with Crippen LogP contribution in [-0.2, 0) is 39.4 Å². The smallest absolute Gasteiger partial charge is 0.382 e. The summed E-state index contributed by atoms with van der Waals surface area (Å²) in [6.45, 7) is -5.57. The summed E-state index contributed by atoms with van der Waals surface area (Å²) in [6, 6.07) is 0. The van der Waals surface area contributed by atoms with Crippen molar-refractivity contribution in [3.8, 4) is 0 Å². The maximum absolute atomic E-state index is 12.2. The Morgan fingerprint density at radius 1 is 1.12 bits per heavy atom. The minimum atomic E-state index is -4.38. The Bertz CT molecular complexity index is 1690. The van der Waals surface area contributed by atoms with Gasteiger partial charge in [-0.25, -0.2) is 24.5 Å². The van der Waals surface area contributed by atoms with E-state index in [2.05, 4.69) is 42.2 Å². The molecule has 0 fully saturated rings. The fourth-order valence-corrected chi connectivity index (χ4v) is 5.80. The molecule has 0 spiro atoms. The van der Waals surface area contributed by atoms with Crippen molar-refractivity contribution in [3.63, 3.8) is 0 Å². The van der Waals surface area contributed by atoms with Crippen molar-refractivity contribution in [1.29, 1.82) is 0 Å². The molecule has 0 saturated carbocycles. The van der Waals surface area contributed by atoms with Gasteiger partial charge in [-0.05, 0) is 29.7 Å². The van der Waals surface area contributed by atoms with Crippen molar-refractivity contribution in [3.05, 3.63) is 29.3 Å². The van der Waals surface area contributed by atoms with Crippen LogP contribution in [0.5, 0.6) is 0 Å². The Morgan fingerprint density at radius 3 is 2.48 bits per heavy atom. The maximum atomic E-state index is 12.2. The molecule has 6 atom stereocenters. The molecule has 0 aliphatic heterocycles. The van der Waals surface area contributed by atoms with Gasteiger partial charge < -0.3 is 40.6 Å². The Balaban J connectivity index is 1.57. The number of hydrogen-bond acceptors (Lipinski definition) is 17. The zero-order chi connectivity index (χ0) is 30.8. The minimum Gasteiger partial charge on any atom is -0.382 e. The van der Waals surface area contributed by atoms with E-state index in [0.717, 1.165) is 10.9 Å². The molecule has 4 unspecified atom stereocenters. The van der Waals surface area contributed by atoms with E-state index >= 15 is 0 Å². The number of aliphatic hydroxyl groups excluding tert-OH is 1. The average molecular weight is 668 g/mol. The Labute approximate surface area is 246 Å². The molecule has 0 aromatic carbocycles. The van der Waals surface area contributed by atoms with Gasteiger partial charge in [0.15, 0.2) is 28.9 Å². The topological polar surface area (TPSA) is 283 Å². The van der Waals surface area contributed by atoms with Crippen molar-refractivity contribution >= 4 is 72.1 Å². The predicted molar refractivity (Wildman–Crippen MR) is 151 cm³/mol. The molecule has 4 aromatic rings. The summed E-state index contributed by atoms with van der Waals surface area (Å²) in [5.74, 6) is -0.132. The van der Waals surface area contributed by atoms with Gasteiger partial charge in [0.2, 0.25) is 5.95 Å². The molecule has 0 amide bonds. The van der Waals surface area contributed by atoms with E-state index < -0.39 is 51.0 Å². The average Bonchev–Trinajstić information content (AvgIpc) is 3.50. The van der Waals surface area contributed by atoms with Gasteiger partial charge in [0, 0.05) is 0 Å². The second-order valence-corrected chi connectivity index (χ2v) is 12.6. The normalized spacial score (nSPS) is 16.9. The summed E-state index contributed by atoms with van der Waals surface area (Å²) in [4.78, 5) is 45.5. The number of imidazole rings is 2. The predicted octanol–water partition coefficient (Wildman–Crippen LogP) is 0.358. The third kappa shape index (κ3) is 7.43. The molecule has 4 aromatic heterocycles. The SMILES string of the molecule is CC[C@@H](OC(O[P+](=O)S)OP(O)(=S)OC(C)[C@@H](OC(O)O)n1cnc2c(=O)[nH]c(N)nc21)n1cnc2c(N)ncnc21. The molecule has 0 radical (unpaired) electrons. The van der Waals surface area contributed by atoms with Crippen LogP contribution in [0.2, 0.25) is 0 Å². The number of hydrogen-bond donors (Lipinski definition) is 7. The summed E-state index contributed by atoms with van der Waals surface area (Å²) in [6.07, 6.45) is 0.198. The molecule has 0 aliphatic rings. The van der Waals surface area contributed by atoms with Gasteiger partial charge in [0.1, 0.15) is 36.4 Å². The van der Waals surface area contributed by atoms with Crippen molar-refractivity contribution in [1.82, 2.24) is 39.0 Å². The number of nitrogens with two attached hydrogens (primary N) is 2. The van der Waals surface area contributed by atoms with E-state index in [1.807, 2.05) is 0 Å². The molecule has 20 nitrogen and oxygen atoms in total. The highest BCUT2D eigenvalue weighted by atomic mass is 32.7. The zero-order valence-electron chi connectivity index (χ0n) is 21.6. The van der Waals surface area contributed by atoms with E-state index in [1.165, 1.54) is 24.1 Å². The third-order valence-electron chi connectivity index (χ3n) is 5.40. The number of ether oxygens (including phenoxy) is 2. The molecular weight excluding hydrogens is 642 g/mol. The molecule has 42 heavy (non-hydrogen) atoms. The summed E-state index contributed by atoms with van der Waals surface area (Å²) >= 11 is 8.83. The lowest BCUT2D eigenvalue weighted by atomic mass is 10.3. The Kier molecular flexibility index (Phi) is 10.2. The Morgan fingerprint density at radius 2 is 1.81 bits per heavy atom. The second kappa shape index (κ2) is 13.3. The van der Waals surface area contributed by atoms with Crippen LogP contribution in [0.3, 0.4) is 0 Å². The first-order valence-electron chi connectivity index (χ1n) is 11.6. The van der Waals surface area contributed by atoms with Gasteiger partial charge in [-0.2, -0.15) is 4.98 Å². The molecule has 0 saturated heterocycles. The van der Waals surface area contributed by atoms with Crippen molar-refractivity contribution < 1.29 is 42.7 Å². The molecule has 4 heterocycles. The van der Waals surface area contributed by atoms with Crippen LogP contribution in [0.25, 0.3) is 22.3 Å². The first kappa shape index (κ1) is 32.2. The second-order valence-electron chi connectivity index (χ2n) is 8.23. The number of anilines is 2. The van der Waals surface area contributed by atoms with E-state index in [-0.39, 0.29) is 29.4 Å². The van der Waals surface area contributed by atoms with Crippen molar-refractivity contribution in [2.75, 3.05) is 11.5 Å². The van der Waals surface area contributed by atoms with Crippen LogP contribution >= 0.6 is 26.2 Å². The first-order chi connectivity index (χ1) is 19.8. The fourth-order valence-electron chi connectivity index (χ4n) is 3.76. The largest absolute Gasteiger partial charge is 0.587 e. The highest BCUT2D eigenvalue weighted by molar-refractivity contribution is 8.39. The summed E-state index contributed by atoms with van der Waals surface area (Å²) < 4.78 is 41.3. The minimum absolute atomic E-state index is 0.107. The molecule has 228 valence electrons. The molecule has 0 aliphatic carbocycles. The van der Waals surface area contributed by atoms with Crippen LogP contribution in [0.15, 0.2) is 23.8 Å². The Hall–Kier alpha value is -2.72. The number of nitrogen functional groups attached to an aromatic ring is 2. The lowest BCUT2D eigenvalue weighted by Crippen LogP contribution is -2.31. The van der Waals surface area contributed by atoms with Crippen LogP contribution in [0.1, 0.15) is 32.7 Å². The van der Waals surface area contributed by atoms with Gasteiger partial charge in [-0.15, -0.1) is 0 Å². The number of aliphatic hydroxyl groups is 2.